The molecular formula is C18H25N5O2. The first kappa shape index (κ1) is 16.3. The summed E-state index contributed by atoms with van der Waals surface area (Å²) in [5.41, 5.74) is 6.54. The first-order valence-electron chi connectivity index (χ1n) is 9.21. The standard InChI is InChI=1S/C18H25N5O2/c19-14-10-12-4-3-5-13(11-14)17(12)20-16(24)7-9-23-18(25)22-8-2-1-6-15(22)21-23/h1-2,6,8,12-14,17H,3-5,7,9-11,19H2,(H,20,24). The number of fused-ring (bicyclic) bond motifs is 3. The van der Waals surface area contributed by atoms with Gasteiger partial charge < -0.3 is 11.1 Å². The van der Waals surface area contributed by atoms with Crippen molar-refractivity contribution < 1.29 is 4.79 Å². The number of nitrogens with zero attached hydrogens (tertiary/aromatic N) is 3. The van der Waals surface area contributed by atoms with E-state index in [4.69, 9.17) is 5.73 Å². The van der Waals surface area contributed by atoms with Gasteiger partial charge in [0.25, 0.3) is 0 Å². The maximum absolute atomic E-state index is 12.4. The average Bonchev–Trinajstić information content (AvgIpc) is 2.90. The Labute approximate surface area is 146 Å². The molecule has 0 aromatic carbocycles. The molecule has 0 radical (unpaired) electrons. The van der Waals surface area contributed by atoms with Crippen LogP contribution >= 0.6 is 0 Å². The fourth-order valence-electron chi connectivity index (χ4n) is 4.60. The summed E-state index contributed by atoms with van der Waals surface area (Å²) in [4.78, 5) is 24.7. The number of carbonyl (C=O) groups excluding carboxylic acids is 1. The fraction of sp³-hybridized carbons (Fsp3) is 0.611. The van der Waals surface area contributed by atoms with E-state index in [0.717, 1.165) is 25.7 Å². The van der Waals surface area contributed by atoms with E-state index in [2.05, 4.69) is 10.4 Å². The summed E-state index contributed by atoms with van der Waals surface area (Å²) >= 11 is 0. The van der Waals surface area contributed by atoms with Crippen molar-refractivity contribution in [2.75, 3.05) is 0 Å². The van der Waals surface area contributed by atoms with Gasteiger partial charge in [0.15, 0.2) is 5.65 Å². The van der Waals surface area contributed by atoms with Crippen molar-refractivity contribution in [1.82, 2.24) is 19.5 Å². The molecule has 134 valence electrons. The predicted molar refractivity (Wildman–Crippen MR) is 94.0 cm³/mol. The second-order valence-corrected chi connectivity index (χ2v) is 7.46. The Bertz CT molecular complexity index is 812. The van der Waals surface area contributed by atoms with Gasteiger partial charge in [-0.1, -0.05) is 12.5 Å². The molecule has 2 atom stereocenters. The van der Waals surface area contributed by atoms with E-state index >= 15 is 0 Å². The summed E-state index contributed by atoms with van der Waals surface area (Å²) in [7, 11) is 0. The highest BCUT2D eigenvalue weighted by Crippen LogP contribution is 2.39. The number of nitrogens with two attached hydrogens (primary N) is 1. The zero-order chi connectivity index (χ0) is 17.4. The van der Waals surface area contributed by atoms with Crippen molar-refractivity contribution in [3.8, 4) is 0 Å². The molecule has 2 aromatic rings. The third kappa shape index (κ3) is 3.20. The van der Waals surface area contributed by atoms with Gasteiger partial charge in [-0.3, -0.25) is 9.20 Å². The van der Waals surface area contributed by atoms with Crippen molar-refractivity contribution in [2.45, 2.75) is 57.2 Å². The van der Waals surface area contributed by atoms with Crippen LogP contribution in [0.5, 0.6) is 0 Å². The molecule has 2 saturated carbocycles. The van der Waals surface area contributed by atoms with Crippen LogP contribution in [0.1, 0.15) is 38.5 Å². The number of nitrogens with one attached hydrogen (secondary N) is 1. The largest absolute Gasteiger partial charge is 0.353 e. The summed E-state index contributed by atoms with van der Waals surface area (Å²) in [6.45, 7) is 0.300. The highest BCUT2D eigenvalue weighted by atomic mass is 16.2. The molecule has 2 bridgehead atoms. The van der Waals surface area contributed by atoms with E-state index in [1.807, 2.05) is 6.07 Å². The minimum Gasteiger partial charge on any atom is -0.353 e. The lowest BCUT2D eigenvalue weighted by Gasteiger charge is -2.45. The summed E-state index contributed by atoms with van der Waals surface area (Å²) in [5, 5.41) is 7.49. The molecule has 2 aliphatic rings. The molecule has 2 fully saturated rings. The van der Waals surface area contributed by atoms with Crippen LogP contribution in [0, 0.1) is 11.8 Å². The van der Waals surface area contributed by atoms with Crippen molar-refractivity contribution in [3.05, 3.63) is 34.9 Å². The van der Waals surface area contributed by atoms with Gasteiger partial charge in [0.2, 0.25) is 5.91 Å². The van der Waals surface area contributed by atoms with E-state index in [0.29, 0.717) is 24.0 Å². The van der Waals surface area contributed by atoms with Gasteiger partial charge in [-0.25, -0.2) is 9.48 Å². The summed E-state index contributed by atoms with van der Waals surface area (Å²) in [6, 6.07) is 5.94. The molecular weight excluding hydrogens is 318 g/mol. The van der Waals surface area contributed by atoms with E-state index in [1.165, 1.54) is 15.5 Å². The molecule has 1 amide bonds. The molecule has 25 heavy (non-hydrogen) atoms. The van der Waals surface area contributed by atoms with Crippen molar-refractivity contribution in [3.63, 3.8) is 0 Å². The SMILES string of the molecule is NC1CC2CCCC(C1)C2NC(=O)CCn1nc2ccccn2c1=O. The number of aryl methyl sites for hydroxylation is 1. The van der Waals surface area contributed by atoms with Crippen LogP contribution in [0.3, 0.4) is 0 Å². The topological polar surface area (TPSA) is 94.4 Å². The Hall–Kier alpha value is -2.15. The molecule has 7 heteroatoms. The lowest BCUT2D eigenvalue weighted by Crippen LogP contribution is -2.53. The van der Waals surface area contributed by atoms with Gasteiger partial charge in [0.1, 0.15) is 0 Å². The summed E-state index contributed by atoms with van der Waals surface area (Å²) in [5.74, 6) is 1.01. The van der Waals surface area contributed by atoms with Gasteiger partial charge >= 0.3 is 5.69 Å². The number of rotatable bonds is 4. The smallest absolute Gasteiger partial charge is 0.350 e. The fourth-order valence-corrected chi connectivity index (χ4v) is 4.60. The van der Waals surface area contributed by atoms with Crippen LogP contribution in [0.2, 0.25) is 0 Å². The Balaban J connectivity index is 1.39. The maximum Gasteiger partial charge on any atom is 0.350 e. The molecule has 2 heterocycles. The molecule has 2 aromatic heterocycles. The molecule has 2 unspecified atom stereocenters. The predicted octanol–water partition coefficient (Wildman–Crippen LogP) is 0.908. The molecule has 0 spiro atoms. The highest BCUT2D eigenvalue weighted by molar-refractivity contribution is 5.76. The molecule has 4 rings (SSSR count). The third-order valence-electron chi connectivity index (χ3n) is 5.74. The first-order valence-corrected chi connectivity index (χ1v) is 9.21. The zero-order valence-electron chi connectivity index (χ0n) is 14.3. The zero-order valence-corrected chi connectivity index (χ0v) is 14.3. The lowest BCUT2D eigenvalue weighted by molar-refractivity contribution is -0.123. The van der Waals surface area contributed by atoms with Crippen LogP contribution in [0.25, 0.3) is 5.65 Å². The molecule has 0 aliphatic heterocycles. The minimum absolute atomic E-state index is 0.00123. The Morgan fingerprint density at radius 1 is 1.28 bits per heavy atom. The second kappa shape index (κ2) is 6.63. The van der Waals surface area contributed by atoms with E-state index in [1.54, 1.807) is 18.3 Å². The monoisotopic (exact) mass is 343 g/mol. The van der Waals surface area contributed by atoms with Crippen LogP contribution in [0.15, 0.2) is 29.2 Å². The Morgan fingerprint density at radius 2 is 2.04 bits per heavy atom. The van der Waals surface area contributed by atoms with Gasteiger partial charge in [-0.2, -0.15) is 0 Å². The number of hydrogen-bond acceptors (Lipinski definition) is 4. The summed E-state index contributed by atoms with van der Waals surface area (Å²) < 4.78 is 2.86. The average molecular weight is 343 g/mol. The first-order chi connectivity index (χ1) is 12.1. The summed E-state index contributed by atoms with van der Waals surface area (Å²) in [6.07, 6.45) is 7.52. The second-order valence-electron chi connectivity index (χ2n) is 7.46. The van der Waals surface area contributed by atoms with Crippen LogP contribution in [-0.2, 0) is 11.3 Å². The number of carbonyl (C=O) groups is 1. The normalized spacial score (nSPS) is 28.8. The number of aromatic nitrogens is 3. The quantitative estimate of drug-likeness (QED) is 0.863. The third-order valence-corrected chi connectivity index (χ3v) is 5.74. The van der Waals surface area contributed by atoms with Crippen molar-refractivity contribution >= 4 is 11.6 Å². The van der Waals surface area contributed by atoms with Crippen molar-refractivity contribution in [2.24, 2.45) is 17.6 Å². The Kier molecular flexibility index (Phi) is 4.33. The maximum atomic E-state index is 12.4. The van der Waals surface area contributed by atoms with Crippen molar-refractivity contribution in [1.29, 1.82) is 0 Å². The lowest BCUT2D eigenvalue weighted by atomic mass is 9.67. The minimum atomic E-state index is -0.205. The number of amides is 1. The van der Waals surface area contributed by atoms with Crippen LogP contribution in [-0.4, -0.2) is 32.2 Å². The molecule has 2 aliphatic carbocycles. The Morgan fingerprint density at radius 3 is 2.76 bits per heavy atom. The van der Waals surface area contributed by atoms with Crippen LogP contribution in [0.4, 0.5) is 0 Å². The van der Waals surface area contributed by atoms with E-state index in [-0.39, 0.29) is 30.1 Å². The number of pyridine rings is 1. The molecule has 3 N–H and O–H groups in total. The number of hydrogen-bond donors (Lipinski definition) is 2. The van der Waals surface area contributed by atoms with Gasteiger partial charge in [-0.05, 0) is 49.7 Å². The van der Waals surface area contributed by atoms with Crippen LogP contribution < -0.4 is 16.7 Å². The van der Waals surface area contributed by atoms with Gasteiger partial charge in [0, 0.05) is 24.7 Å². The van der Waals surface area contributed by atoms with E-state index < -0.39 is 0 Å². The van der Waals surface area contributed by atoms with Gasteiger partial charge in [0.05, 0.1) is 6.54 Å². The van der Waals surface area contributed by atoms with Gasteiger partial charge in [-0.15, -0.1) is 5.10 Å². The molecule has 0 saturated heterocycles. The highest BCUT2D eigenvalue weighted by Gasteiger charge is 2.39. The van der Waals surface area contributed by atoms with E-state index in [9.17, 15) is 9.59 Å². The molecule has 7 nitrogen and oxygen atoms in total.